The van der Waals surface area contributed by atoms with Gasteiger partial charge in [0, 0.05) is 31.9 Å². The van der Waals surface area contributed by atoms with E-state index in [0.29, 0.717) is 0 Å². The van der Waals surface area contributed by atoms with E-state index in [0.717, 1.165) is 24.5 Å². The summed E-state index contributed by atoms with van der Waals surface area (Å²) in [6, 6.07) is 9.84. The number of benzene rings is 1. The molecule has 0 aliphatic carbocycles. The number of para-hydroxylation sites is 1. The minimum absolute atomic E-state index is 0.0617. The third-order valence-electron chi connectivity index (χ3n) is 4.54. The number of carbonyl (C=O) groups is 1. The smallest absolute Gasteiger partial charge is 0.282 e. The first-order chi connectivity index (χ1) is 12.6. The Morgan fingerprint density at radius 1 is 1.12 bits per heavy atom. The third kappa shape index (κ3) is 4.36. The molecule has 7 heteroatoms. The first kappa shape index (κ1) is 17.8. The van der Waals surface area contributed by atoms with Crippen molar-refractivity contribution in [3.05, 3.63) is 63.8 Å². The zero-order valence-electron chi connectivity index (χ0n) is 14.6. The van der Waals surface area contributed by atoms with E-state index in [2.05, 4.69) is 15.2 Å². The molecule has 1 amide bonds. The van der Waals surface area contributed by atoms with Crippen molar-refractivity contribution in [3.8, 4) is 0 Å². The number of carbonyl (C=O) groups excluding carboxylic acids is 1. The Labute approximate surface area is 152 Å². The van der Waals surface area contributed by atoms with E-state index in [1.807, 2.05) is 12.1 Å². The molecule has 1 saturated heterocycles. The van der Waals surface area contributed by atoms with E-state index < -0.39 is 10.8 Å². The highest BCUT2D eigenvalue weighted by Crippen LogP contribution is 2.19. The van der Waals surface area contributed by atoms with Crippen LogP contribution in [0.3, 0.4) is 0 Å². The van der Waals surface area contributed by atoms with Crippen molar-refractivity contribution in [1.29, 1.82) is 0 Å². The Morgan fingerprint density at radius 2 is 1.85 bits per heavy atom. The Balaban J connectivity index is 1.61. The van der Waals surface area contributed by atoms with Gasteiger partial charge in [0.15, 0.2) is 0 Å². The lowest BCUT2D eigenvalue weighted by molar-refractivity contribution is -0.385. The molecule has 1 aliphatic heterocycles. The molecule has 0 saturated carbocycles. The van der Waals surface area contributed by atoms with Gasteiger partial charge in [-0.1, -0.05) is 31.0 Å². The summed E-state index contributed by atoms with van der Waals surface area (Å²) in [6.45, 7) is 2.33. The standard InChI is InChI=1S/C19H22N4O3/c24-19(16-7-3-4-8-17(16)23(25)26)21-14-15-9-10-18(20-13-15)22-11-5-1-2-6-12-22/h3-4,7-10,13H,1-2,5-6,11-12,14H2,(H,21,24). The topological polar surface area (TPSA) is 88.4 Å². The quantitative estimate of drug-likeness (QED) is 0.657. The first-order valence-corrected chi connectivity index (χ1v) is 8.86. The van der Waals surface area contributed by atoms with Gasteiger partial charge in [0.25, 0.3) is 11.6 Å². The van der Waals surface area contributed by atoms with Gasteiger partial charge < -0.3 is 10.2 Å². The van der Waals surface area contributed by atoms with Crippen LogP contribution in [0.5, 0.6) is 0 Å². The summed E-state index contributed by atoms with van der Waals surface area (Å²) in [5, 5.41) is 13.7. The van der Waals surface area contributed by atoms with E-state index in [4.69, 9.17) is 0 Å². The van der Waals surface area contributed by atoms with E-state index in [-0.39, 0.29) is 17.8 Å². The molecule has 7 nitrogen and oxygen atoms in total. The van der Waals surface area contributed by atoms with Crippen molar-refractivity contribution < 1.29 is 9.72 Å². The number of aromatic nitrogens is 1. The molecule has 1 aromatic heterocycles. The van der Waals surface area contributed by atoms with Crippen LogP contribution in [0.25, 0.3) is 0 Å². The van der Waals surface area contributed by atoms with Crippen molar-refractivity contribution in [1.82, 2.24) is 10.3 Å². The molecule has 0 radical (unpaired) electrons. The second-order valence-electron chi connectivity index (χ2n) is 6.38. The summed E-state index contributed by atoms with van der Waals surface area (Å²) in [5.41, 5.74) is 0.724. The molecule has 2 heterocycles. The van der Waals surface area contributed by atoms with Crippen LogP contribution >= 0.6 is 0 Å². The van der Waals surface area contributed by atoms with Gasteiger partial charge in [0.2, 0.25) is 0 Å². The minimum atomic E-state index is -0.549. The van der Waals surface area contributed by atoms with E-state index in [9.17, 15) is 14.9 Å². The molecular weight excluding hydrogens is 332 g/mol. The Kier molecular flexibility index (Phi) is 5.78. The van der Waals surface area contributed by atoms with Crippen LogP contribution < -0.4 is 10.2 Å². The predicted octanol–water partition coefficient (Wildman–Crippen LogP) is 3.30. The number of anilines is 1. The van der Waals surface area contributed by atoms with Crippen molar-refractivity contribution in [2.75, 3.05) is 18.0 Å². The molecule has 0 bridgehead atoms. The first-order valence-electron chi connectivity index (χ1n) is 8.86. The molecule has 1 aliphatic rings. The average molecular weight is 354 g/mol. The predicted molar refractivity (Wildman–Crippen MR) is 99.2 cm³/mol. The number of amides is 1. The van der Waals surface area contributed by atoms with Crippen LogP contribution in [0.4, 0.5) is 11.5 Å². The zero-order valence-corrected chi connectivity index (χ0v) is 14.6. The van der Waals surface area contributed by atoms with Crippen molar-refractivity contribution >= 4 is 17.4 Å². The fourth-order valence-electron chi connectivity index (χ4n) is 3.11. The lowest BCUT2D eigenvalue weighted by Crippen LogP contribution is -2.25. The lowest BCUT2D eigenvalue weighted by Gasteiger charge is -2.21. The van der Waals surface area contributed by atoms with Crippen LogP contribution in [0.15, 0.2) is 42.6 Å². The summed E-state index contributed by atoms with van der Waals surface area (Å²) in [5.74, 6) is 0.495. The van der Waals surface area contributed by atoms with Gasteiger partial charge in [0.1, 0.15) is 11.4 Å². The van der Waals surface area contributed by atoms with Gasteiger partial charge in [-0.15, -0.1) is 0 Å². The van der Waals surface area contributed by atoms with E-state index in [1.165, 1.54) is 37.8 Å². The molecule has 2 aromatic rings. The summed E-state index contributed by atoms with van der Waals surface area (Å²) < 4.78 is 0. The van der Waals surface area contributed by atoms with Gasteiger partial charge in [0.05, 0.1) is 4.92 Å². The van der Waals surface area contributed by atoms with Gasteiger partial charge >= 0.3 is 0 Å². The van der Waals surface area contributed by atoms with Crippen LogP contribution in [-0.4, -0.2) is 28.9 Å². The van der Waals surface area contributed by atoms with Gasteiger partial charge in [-0.05, 0) is 30.5 Å². The summed E-state index contributed by atoms with van der Waals surface area (Å²) in [4.78, 5) is 29.5. The molecule has 1 fully saturated rings. The Bertz CT molecular complexity index is 769. The number of nitrogens with one attached hydrogen (secondary N) is 1. The van der Waals surface area contributed by atoms with Crippen LogP contribution in [0.2, 0.25) is 0 Å². The lowest BCUT2D eigenvalue weighted by atomic mass is 10.1. The summed E-state index contributed by atoms with van der Waals surface area (Å²) in [7, 11) is 0. The third-order valence-corrected chi connectivity index (χ3v) is 4.54. The molecule has 26 heavy (non-hydrogen) atoms. The average Bonchev–Trinajstić information content (AvgIpc) is 2.96. The fraction of sp³-hybridized carbons (Fsp3) is 0.368. The fourth-order valence-corrected chi connectivity index (χ4v) is 3.11. The maximum absolute atomic E-state index is 12.3. The number of hydrogen-bond donors (Lipinski definition) is 1. The number of hydrogen-bond acceptors (Lipinski definition) is 5. The van der Waals surface area contributed by atoms with Crippen molar-refractivity contribution in [2.24, 2.45) is 0 Å². The number of nitro benzene ring substituents is 1. The molecule has 1 N–H and O–H groups in total. The summed E-state index contributed by atoms with van der Waals surface area (Å²) >= 11 is 0. The van der Waals surface area contributed by atoms with E-state index in [1.54, 1.807) is 18.3 Å². The van der Waals surface area contributed by atoms with Crippen LogP contribution in [-0.2, 0) is 6.54 Å². The highest BCUT2D eigenvalue weighted by Gasteiger charge is 2.18. The number of pyridine rings is 1. The molecule has 0 atom stereocenters. The van der Waals surface area contributed by atoms with Crippen molar-refractivity contribution in [2.45, 2.75) is 32.2 Å². The van der Waals surface area contributed by atoms with Gasteiger partial charge in [-0.25, -0.2) is 4.98 Å². The Hall–Kier alpha value is -2.96. The molecule has 3 rings (SSSR count). The highest BCUT2D eigenvalue weighted by molar-refractivity contribution is 5.98. The monoisotopic (exact) mass is 354 g/mol. The second-order valence-corrected chi connectivity index (χ2v) is 6.38. The minimum Gasteiger partial charge on any atom is -0.357 e. The molecular formula is C19H22N4O3. The molecule has 0 unspecified atom stereocenters. The highest BCUT2D eigenvalue weighted by atomic mass is 16.6. The number of nitrogens with zero attached hydrogens (tertiary/aromatic N) is 3. The molecule has 1 aromatic carbocycles. The second kappa shape index (κ2) is 8.42. The maximum Gasteiger partial charge on any atom is 0.282 e. The van der Waals surface area contributed by atoms with Crippen LogP contribution in [0, 0.1) is 10.1 Å². The summed E-state index contributed by atoms with van der Waals surface area (Å²) in [6.07, 6.45) is 6.67. The van der Waals surface area contributed by atoms with Gasteiger partial charge in [-0.2, -0.15) is 0 Å². The SMILES string of the molecule is O=C(NCc1ccc(N2CCCCCC2)nc1)c1ccccc1[N+](=O)[O-]. The maximum atomic E-state index is 12.3. The van der Waals surface area contributed by atoms with Crippen LogP contribution in [0.1, 0.15) is 41.6 Å². The normalized spacial score (nSPS) is 14.5. The molecule has 0 spiro atoms. The van der Waals surface area contributed by atoms with Gasteiger partial charge in [-0.3, -0.25) is 14.9 Å². The molecule has 136 valence electrons. The number of rotatable bonds is 5. The van der Waals surface area contributed by atoms with E-state index >= 15 is 0 Å². The largest absolute Gasteiger partial charge is 0.357 e. The van der Waals surface area contributed by atoms with Crippen molar-refractivity contribution in [3.63, 3.8) is 0 Å². The number of nitro groups is 1. The Morgan fingerprint density at radius 3 is 2.50 bits per heavy atom. The zero-order chi connectivity index (χ0) is 18.4.